The Morgan fingerprint density at radius 2 is 2.03 bits per heavy atom. The molecule has 3 aromatic rings. The van der Waals surface area contributed by atoms with Crippen LogP contribution in [-0.4, -0.2) is 28.8 Å². The first-order chi connectivity index (χ1) is 14.1. The molecule has 1 aliphatic carbocycles. The van der Waals surface area contributed by atoms with Crippen LogP contribution in [0.2, 0.25) is 5.02 Å². The van der Waals surface area contributed by atoms with Gasteiger partial charge >= 0.3 is 0 Å². The lowest BCUT2D eigenvalue weighted by Crippen LogP contribution is -2.54. The molecule has 3 N–H and O–H groups in total. The van der Waals surface area contributed by atoms with Crippen molar-refractivity contribution < 1.29 is 9.53 Å². The highest BCUT2D eigenvalue weighted by molar-refractivity contribution is 6.32. The van der Waals surface area contributed by atoms with Crippen molar-refractivity contribution in [1.29, 1.82) is 0 Å². The third kappa shape index (κ3) is 2.96. The second kappa shape index (κ2) is 7.01. The summed E-state index contributed by atoms with van der Waals surface area (Å²) in [4.78, 5) is 21.3. The lowest BCUT2D eigenvalue weighted by molar-refractivity contribution is -0.137. The Balaban J connectivity index is 1.53. The van der Waals surface area contributed by atoms with Gasteiger partial charge in [-0.15, -0.1) is 0 Å². The number of nitrogens with one attached hydrogen (secondary N) is 1. The number of halogens is 1. The second-order valence-electron chi connectivity index (χ2n) is 7.82. The summed E-state index contributed by atoms with van der Waals surface area (Å²) in [7, 11) is 0. The number of aromatic nitrogens is 1. The summed E-state index contributed by atoms with van der Waals surface area (Å²) in [6.07, 6.45) is 4.20. The first kappa shape index (κ1) is 18.4. The highest BCUT2D eigenvalue weighted by Gasteiger charge is 2.52. The lowest BCUT2D eigenvalue weighted by atomic mass is 9.73. The van der Waals surface area contributed by atoms with Crippen LogP contribution in [0.1, 0.15) is 30.4 Å². The zero-order chi connectivity index (χ0) is 20.0. The van der Waals surface area contributed by atoms with Gasteiger partial charge in [-0.2, -0.15) is 0 Å². The number of aromatic amines is 1. The van der Waals surface area contributed by atoms with Gasteiger partial charge in [0, 0.05) is 27.7 Å². The monoisotopic (exact) mass is 407 g/mol. The number of nitrogens with zero attached hydrogens (tertiary/aromatic N) is 1. The quantitative estimate of drug-likeness (QED) is 0.682. The van der Waals surface area contributed by atoms with Gasteiger partial charge in [-0.1, -0.05) is 48.0 Å². The molecule has 2 aromatic carbocycles. The summed E-state index contributed by atoms with van der Waals surface area (Å²) >= 11 is 6.47. The maximum atomic E-state index is 13.2. The standard InChI is InChI=1S/C23H22ClN3O2/c24-17-8-3-2-7-16(17)23-11-5-10-20(21(23)28)29-22(27-23)18(25)12-14-13-26-19-9-4-1-6-15(14)19/h1-4,6-9,13,18,20,26H,5,10-12,25H2/t18?,20-,23-/m0/s1. The Hall–Kier alpha value is -2.63. The number of ether oxygens (including phenoxy) is 1. The number of aliphatic imine (C=N–C) groups is 1. The van der Waals surface area contributed by atoms with Crippen LogP contribution >= 0.6 is 11.6 Å². The van der Waals surface area contributed by atoms with E-state index in [2.05, 4.69) is 11.1 Å². The van der Waals surface area contributed by atoms with E-state index in [-0.39, 0.29) is 5.78 Å². The third-order valence-electron chi connectivity index (χ3n) is 6.02. The van der Waals surface area contributed by atoms with Crippen molar-refractivity contribution in [3.05, 3.63) is 70.9 Å². The molecule has 1 aliphatic heterocycles. The maximum Gasteiger partial charge on any atom is 0.205 e. The minimum absolute atomic E-state index is 0.0140. The Morgan fingerprint density at radius 3 is 2.90 bits per heavy atom. The van der Waals surface area contributed by atoms with E-state index < -0.39 is 17.7 Å². The molecule has 0 radical (unpaired) electrons. The molecule has 2 bridgehead atoms. The van der Waals surface area contributed by atoms with E-state index in [9.17, 15) is 4.79 Å². The number of benzene rings is 2. The molecule has 0 amide bonds. The van der Waals surface area contributed by atoms with E-state index in [4.69, 9.17) is 27.1 Å². The third-order valence-corrected chi connectivity index (χ3v) is 6.35. The van der Waals surface area contributed by atoms with E-state index >= 15 is 0 Å². The Kier molecular flexibility index (Phi) is 4.45. The normalized spacial score (nSPS) is 24.8. The van der Waals surface area contributed by atoms with E-state index in [0.717, 1.165) is 28.5 Å². The molecule has 5 rings (SSSR count). The summed E-state index contributed by atoms with van der Waals surface area (Å²) in [6, 6.07) is 15.1. The van der Waals surface area contributed by atoms with Crippen molar-refractivity contribution in [2.75, 3.05) is 0 Å². The fourth-order valence-corrected chi connectivity index (χ4v) is 4.86. The van der Waals surface area contributed by atoms with Crippen LogP contribution in [0.25, 0.3) is 10.9 Å². The molecule has 0 saturated heterocycles. The van der Waals surface area contributed by atoms with Gasteiger partial charge in [-0.3, -0.25) is 4.79 Å². The molecule has 6 heteroatoms. The Morgan fingerprint density at radius 1 is 1.24 bits per heavy atom. The lowest BCUT2D eigenvalue weighted by Gasteiger charge is -2.42. The van der Waals surface area contributed by atoms with Gasteiger partial charge in [0.1, 0.15) is 0 Å². The number of fused-ring (bicyclic) bond motifs is 3. The number of nitrogens with two attached hydrogens (primary N) is 1. The van der Waals surface area contributed by atoms with Crippen LogP contribution in [0.3, 0.4) is 0 Å². The van der Waals surface area contributed by atoms with Crippen LogP contribution in [0.15, 0.2) is 59.7 Å². The predicted molar refractivity (Wildman–Crippen MR) is 114 cm³/mol. The number of Topliss-reactive ketones (excluding diaryl/α,β-unsaturated/α-hetero) is 1. The topological polar surface area (TPSA) is 80.5 Å². The summed E-state index contributed by atoms with van der Waals surface area (Å²) in [5.41, 5.74) is 8.47. The van der Waals surface area contributed by atoms with Crippen molar-refractivity contribution in [3.63, 3.8) is 0 Å². The van der Waals surface area contributed by atoms with Crippen molar-refractivity contribution in [1.82, 2.24) is 4.98 Å². The number of carbonyl (C=O) groups is 1. The first-order valence-electron chi connectivity index (χ1n) is 9.95. The van der Waals surface area contributed by atoms with E-state index in [1.165, 1.54) is 0 Å². The van der Waals surface area contributed by atoms with Gasteiger partial charge in [-0.25, -0.2) is 4.99 Å². The summed E-state index contributed by atoms with van der Waals surface area (Å²) < 4.78 is 6.00. The van der Waals surface area contributed by atoms with Gasteiger partial charge in [0.2, 0.25) is 11.7 Å². The highest BCUT2D eigenvalue weighted by Crippen LogP contribution is 2.44. The molecule has 1 saturated carbocycles. The number of para-hydroxylation sites is 1. The van der Waals surface area contributed by atoms with E-state index in [1.54, 1.807) is 6.07 Å². The number of rotatable bonds is 4. The average molecular weight is 408 g/mol. The fourth-order valence-electron chi connectivity index (χ4n) is 4.57. The second-order valence-corrected chi connectivity index (χ2v) is 8.23. The van der Waals surface area contributed by atoms with E-state index in [0.29, 0.717) is 30.2 Å². The predicted octanol–water partition coefficient (Wildman–Crippen LogP) is 4.14. The maximum absolute atomic E-state index is 13.2. The van der Waals surface area contributed by atoms with Crippen molar-refractivity contribution in [2.45, 2.75) is 43.4 Å². The largest absolute Gasteiger partial charge is 0.468 e. The molecule has 5 nitrogen and oxygen atoms in total. The van der Waals surface area contributed by atoms with Gasteiger partial charge < -0.3 is 15.5 Å². The number of carbonyl (C=O) groups excluding carboxylic acids is 1. The highest BCUT2D eigenvalue weighted by atomic mass is 35.5. The minimum Gasteiger partial charge on any atom is -0.468 e. The number of hydrogen-bond donors (Lipinski definition) is 2. The molecular weight excluding hydrogens is 386 g/mol. The number of ketones is 1. The van der Waals surface area contributed by atoms with Crippen molar-refractivity contribution in [3.8, 4) is 0 Å². The van der Waals surface area contributed by atoms with Crippen LogP contribution in [0.5, 0.6) is 0 Å². The van der Waals surface area contributed by atoms with E-state index in [1.807, 2.05) is 42.6 Å². The molecule has 1 fully saturated rings. The zero-order valence-corrected chi connectivity index (χ0v) is 16.7. The SMILES string of the molecule is NC(Cc1c[nH]c2ccccc12)C1=N[C@]2(c3ccccc3Cl)CCC[C@H](O1)C2=O. The minimum atomic E-state index is -0.993. The van der Waals surface area contributed by atoms with Crippen LogP contribution in [-0.2, 0) is 21.5 Å². The first-order valence-corrected chi connectivity index (χ1v) is 10.3. The van der Waals surface area contributed by atoms with Crippen LogP contribution < -0.4 is 5.73 Å². The van der Waals surface area contributed by atoms with Gasteiger partial charge in [0.15, 0.2) is 11.6 Å². The molecular formula is C23H22ClN3O2. The van der Waals surface area contributed by atoms with Gasteiger partial charge in [0.25, 0.3) is 0 Å². The molecule has 148 valence electrons. The van der Waals surface area contributed by atoms with Gasteiger partial charge in [-0.05, 0) is 43.4 Å². The van der Waals surface area contributed by atoms with Gasteiger partial charge in [0.05, 0.1) is 6.04 Å². The average Bonchev–Trinajstić information content (AvgIpc) is 3.11. The molecule has 2 heterocycles. The Labute approximate surface area is 173 Å². The summed E-state index contributed by atoms with van der Waals surface area (Å²) in [5, 5.41) is 1.69. The van der Waals surface area contributed by atoms with Crippen LogP contribution in [0.4, 0.5) is 0 Å². The number of H-pyrrole nitrogens is 1. The van der Waals surface area contributed by atoms with Crippen molar-refractivity contribution in [2.24, 2.45) is 10.7 Å². The summed E-state index contributed by atoms with van der Waals surface area (Å²) in [6.45, 7) is 0. The summed E-state index contributed by atoms with van der Waals surface area (Å²) in [5.74, 6) is 0.430. The van der Waals surface area contributed by atoms with Crippen molar-refractivity contribution >= 4 is 34.2 Å². The van der Waals surface area contributed by atoms with Crippen LogP contribution in [0, 0.1) is 0 Å². The molecule has 2 aliphatic rings. The molecule has 29 heavy (non-hydrogen) atoms. The molecule has 1 aromatic heterocycles. The Bertz CT molecular complexity index is 1120. The molecule has 3 atom stereocenters. The smallest absolute Gasteiger partial charge is 0.205 e. The molecule has 0 spiro atoms. The number of hydrogen-bond acceptors (Lipinski definition) is 4. The fraction of sp³-hybridized carbons (Fsp3) is 0.304. The zero-order valence-electron chi connectivity index (χ0n) is 15.9. The molecule has 1 unspecified atom stereocenters.